The first-order chi connectivity index (χ1) is 11.9. The van der Waals surface area contributed by atoms with Crippen molar-refractivity contribution in [3.8, 4) is 0 Å². The van der Waals surface area contributed by atoms with Crippen LogP contribution in [0.4, 0.5) is 0 Å². The molecule has 2 heterocycles. The van der Waals surface area contributed by atoms with Crippen molar-refractivity contribution < 1.29 is 13.2 Å². The van der Waals surface area contributed by atoms with Crippen LogP contribution in [0.5, 0.6) is 0 Å². The maximum atomic E-state index is 12.7. The predicted molar refractivity (Wildman–Crippen MR) is 93.2 cm³/mol. The molecule has 1 aliphatic rings. The van der Waals surface area contributed by atoms with Crippen LogP contribution in [-0.4, -0.2) is 59.7 Å². The summed E-state index contributed by atoms with van der Waals surface area (Å²) in [4.78, 5) is 21.8. The maximum Gasteiger partial charge on any atom is 0.274 e. The number of sulfonamides is 1. The van der Waals surface area contributed by atoms with Gasteiger partial charge in [0.15, 0.2) is 0 Å². The Morgan fingerprint density at radius 1 is 1.04 bits per heavy atom. The average Bonchev–Trinajstić information content (AvgIpc) is 2.64. The minimum absolute atomic E-state index is 0.0793. The highest BCUT2D eigenvalue weighted by Crippen LogP contribution is 2.27. The predicted octanol–water partition coefficient (Wildman–Crippen LogP) is 1.93. The number of aromatic nitrogens is 2. The maximum absolute atomic E-state index is 12.7. The van der Waals surface area contributed by atoms with Gasteiger partial charge in [-0.2, -0.15) is 4.31 Å². The van der Waals surface area contributed by atoms with Crippen LogP contribution >= 0.6 is 23.2 Å². The third-order valence-electron chi connectivity index (χ3n) is 3.84. The molecule has 0 aliphatic carbocycles. The van der Waals surface area contributed by atoms with Gasteiger partial charge in [-0.3, -0.25) is 9.78 Å². The van der Waals surface area contributed by atoms with Crippen LogP contribution in [-0.2, 0) is 10.0 Å². The third kappa shape index (κ3) is 3.77. The van der Waals surface area contributed by atoms with Crippen LogP contribution in [0.25, 0.3) is 0 Å². The fraction of sp³-hybridized carbons (Fsp3) is 0.267. The SMILES string of the molecule is O=C(c1cnccn1)N1CCN(S(=O)(=O)c2ccc(Cl)c(Cl)c2)CC1. The molecule has 1 saturated heterocycles. The highest BCUT2D eigenvalue weighted by Gasteiger charge is 2.31. The van der Waals surface area contributed by atoms with E-state index in [-0.39, 0.29) is 47.7 Å². The van der Waals surface area contributed by atoms with E-state index in [0.717, 1.165) is 0 Å². The molecule has 0 atom stereocenters. The summed E-state index contributed by atoms with van der Waals surface area (Å²) in [5.41, 5.74) is 0.239. The number of amides is 1. The van der Waals surface area contributed by atoms with Gasteiger partial charge in [-0.15, -0.1) is 0 Å². The Balaban J connectivity index is 1.71. The fourth-order valence-electron chi connectivity index (χ4n) is 2.49. The van der Waals surface area contributed by atoms with Gasteiger partial charge >= 0.3 is 0 Å². The molecule has 0 bridgehead atoms. The molecule has 1 fully saturated rings. The van der Waals surface area contributed by atoms with Crippen LogP contribution in [0.15, 0.2) is 41.7 Å². The van der Waals surface area contributed by atoms with Gasteiger partial charge in [0.2, 0.25) is 10.0 Å². The molecule has 1 aliphatic heterocycles. The smallest absolute Gasteiger partial charge is 0.274 e. The summed E-state index contributed by atoms with van der Waals surface area (Å²) in [7, 11) is -3.69. The second-order valence-corrected chi connectivity index (χ2v) is 8.12. The first kappa shape index (κ1) is 18.1. The Bertz CT molecular complexity index is 885. The van der Waals surface area contributed by atoms with Crippen LogP contribution in [0.1, 0.15) is 10.5 Å². The number of carbonyl (C=O) groups excluding carboxylic acids is 1. The van der Waals surface area contributed by atoms with Crippen molar-refractivity contribution in [1.82, 2.24) is 19.2 Å². The van der Waals surface area contributed by atoms with E-state index in [2.05, 4.69) is 9.97 Å². The number of nitrogens with zero attached hydrogens (tertiary/aromatic N) is 4. The number of rotatable bonds is 3. The number of halogens is 2. The molecular formula is C15H14Cl2N4O3S. The fourth-order valence-corrected chi connectivity index (χ4v) is 4.30. The van der Waals surface area contributed by atoms with E-state index >= 15 is 0 Å². The second kappa shape index (κ2) is 7.25. The summed E-state index contributed by atoms with van der Waals surface area (Å²) in [5.74, 6) is -0.264. The minimum atomic E-state index is -3.69. The topological polar surface area (TPSA) is 83.5 Å². The average molecular weight is 401 g/mol. The van der Waals surface area contributed by atoms with Gasteiger partial charge in [0, 0.05) is 38.6 Å². The molecule has 0 N–H and O–H groups in total. The lowest BCUT2D eigenvalue weighted by Gasteiger charge is -2.33. The van der Waals surface area contributed by atoms with E-state index in [0.29, 0.717) is 5.02 Å². The zero-order chi connectivity index (χ0) is 18.0. The van der Waals surface area contributed by atoms with E-state index < -0.39 is 10.0 Å². The monoisotopic (exact) mass is 400 g/mol. The normalized spacial score (nSPS) is 16.0. The molecule has 2 aromatic rings. The lowest BCUT2D eigenvalue weighted by atomic mass is 10.3. The zero-order valence-electron chi connectivity index (χ0n) is 13.0. The lowest BCUT2D eigenvalue weighted by molar-refractivity contribution is 0.0691. The molecule has 132 valence electrons. The molecule has 0 saturated carbocycles. The molecule has 25 heavy (non-hydrogen) atoms. The van der Waals surface area contributed by atoms with Gasteiger partial charge in [0.1, 0.15) is 5.69 Å². The highest BCUT2D eigenvalue weighted by molar-refractivity contribution is 7.89. The summed E-state index contributed by atoms with van der Waals surface area (Å²) in [5, 5.41) is 0.471. The molecule has 1 aromatic carbocycles. The van der Waals surface area contributed by atoms with Crippen LogP contribution < -0.4 is 0 Å². The summed E-state index contributed by atoms with van der Waals surface area (Å²) < 4.78 is 26.7. The first-order valence-electron chi connectivity index (χ1n) is 7.40. The Kier molecular flexibility index (Phi) is 5.24. The van der Waals surface area contributed by atoms with Crippen molar-refractivity contribution >= 4 is 39.1 Å². The van der Waals surface area contributed by atoms with Crippen molar-refractivity contribution in [2.24, 2.45) is 0 Å². The third-order valence-corrected chi connectivity index (χ3v) is 6.47. The summed E-state index contributed by atoms with van der Waals surface area (Å²) in [6.07, 6.45) is 4.32. The molecule has 1 aromatic heterocycles. The molecule has 0 unspecified atom stereocenters. The van der Waals surface area contributed by atoms with E-state index in [1.807, 2.05) is 0 Å². The number of benzene rings is 1. The molecule has 3 rings (SSSR count). The van der Waals surface area contributed by atoms with Gasteiger partial charge in [-0.1, -0.05) is 23.2 Å². The summed E-state index contributed by atoms with van der Waals surface area (Å²) >= 11 is 11.7. The van der Waals surface area contributed by atoms with Gasteiger partial charge < -0.3 is 4.90 Å². The number of hydrogen-bond acceptors (Lipinski definition) is 5. The Hall–Kier alpha value is -1.74. The highest BCUT2D eigenvalue weighted by atomic mass is 35.5. The van der Waals surface area contributed by atoms with Gasteiger partial charge in [0.25, 0.3) is 5.91 Å². The summed E-state index contributed by atoms with van der Waals surface area (Å²) in [6.45, 7) is 0.926. The van der Waals surface area contributed by atoms with Gasteiger partial charge in [0.05, 0.1) is 21.1 Å². The Morgan fingerprint density at radius 2 is 1.76 bits per heavy atom. The van der Waals surface area contributed by atoms with Crippen molar-refractivity contribution in [3.05, 3.63) is 52.5 Å². The van der Waals surface area contributed by atoms with Crippen molar-refractivity contribution in [3.63, 3.8) is 0 Å². The van der Waals surface area contributed by atoms with Crippen molar-refractivity contribution in [2.75, 3.05) is 26.2 Å². The molecule has 10 heteroatoms. The van der Waals surface area contributed by atoms with Gasteiger partial charge in [-0.05, 0) is 18.2 Å². The second-order valence-electron chi connectivity index (χ2n) is 5.36. The zero-order valence-corrected chi connectivity index (χ0v) is 15.3. The summed E-state index contributed by atoms with van der Waals surface area (Å²) in [6, 6.07) is 4.20. The van der Waals surface area contributed by atoms with E-state index in [9.17, 15) is 13.2 Å². The van der Waals surface area contributed by atoms with E-state index in [1.165, 1.54) is 41.1 Å². The number of carbonyl (C=O) groups is 1. The molecule has 1 amide bonds. The quantitative estimate of drug-likeness (QED) is 0.785. The first-order valence-corrected chi connectivity index (χ1v) is 9.59. The standard InChI is InChI=1S/C15H14Cl2N4O3S/c16-12-2-1-11(9-13(12)17)25(23,24)21-7-5-20(6-8-21)15(22)14-10-18-3-4-19-14/h1-4,9-10H,5-8H2. The molecule has 0 spiro atoms. The van der Waals surface area contributed by atoms with E-state index in [1.54, 1.807) is 4.90 Å². The molecular weight excluding hydrogens is 387 g/mol. The number of hydrogen-bond donors (Lipinski definition) is 0. The Morgan fingerprint density at radius 3 is 2.36 bits per heavy atom. The van der Waals surface area contributed by atoms with Gasteiger partial charge in [-0.25, -0.2) is 13.4 Å². The van der Waals surface area contributed by atoms with Crippen molar-refractivity contribution in [1.29, 1.82) is 0 Å². The van der Waals surface area contributed by atoms with E-state index in [4.69, 9.17) is 23.2 Å². The largest absolute Gasteiger partial charge is 0.335 e. The van der Waals surface area contributed by atoms with Crippen molar-refractivity contribution in [2.45, 2.75) is 4.90 Å². The molecule has 7 nitrogen and oxygen atoms in total. The minimum Gasteiger partial charge on any atom is -0.335 e. The number of piperazine rings is 1. The van der Waals surface area contributed by atoms with Crippen LogP contribution in [0.2, 0.25) is 10.0 Å². The van der Waals surface area contributed by atoms with Crippen LogP contribution in [0.3, 0.4) is 0 Å². The Labute approximate surface area is 155 Å². The van der Waals surface area contributed by atoms with Crippen LogP contribution in [0, 0.1) is 0 Å². The molecule has 0 radical (unpaired) electrons. The lowest BCUT2D eigenvalue weighted by Crippen LogP contribution is -2.50.